The first-order valence-electron chi connectivity index (χ1n) is 18.6. The van der Waals surface area contributed by atoms with Gasteiger partial charge in [0.2, 0.25) is 0 Å². The van der Waals surface area contributed by atoms with E-state index in [0.717, 1.165) is 5.69 Å². The fourth-order valence-electron chi connectivity index (χ4n) is 8.56. The molecule has 0 saturated carbocycles. The molecule has 0 aliphatic heterocycles. The van der Waals surface area contributed by atoms with Crippen LogP contribution in [0, 0.1) is 0 Å². The molecule has 0 fully saturated rings. The van der Waals surface area contributed by atoms with E-state index in [0.29, 0.717) is 0 Å². The summed E-state index contributed by atoms with van der Waals surface area (Å²) in [7, 11) is 0. The second-order valence-electron chi connectivity index (χ2n) is 15.3. The van der Waals surface area contributed by atoms with E-state index in [-0.39, 0.29) is 5.41 Å². The van der Waals surface area contributed by atoms with Crippen molar-refractivity contribution < 1.29 is 0 Å². The van der Waals surface area contributed by atoms with Crippen molar-refractivity contribution in [3.05, 3.63) is 188 Å². The van der Waals surface area contributed by atoms with Gasteiger partial charge in [-0.3, -0.25) is 0 Å². The van der Waals surface area contributed by atoms with Crippen LogP contribution in [0.5, 0.6) is 0 Å². The smallest absolute Gasteiger partial charge is 0.0541 e. The molecule has 0 N–H and O–H groups in total. The molecule has 53 heavy (non-hydrogen) atoms. The summed E-state index contributed by atoms with van der Waals surface area (Å²) >= 11 is 0. The molecule has 0 unspecified atom stereocenters. The molecule has 252 valence electrons. The number of hydrogen-bond donors (Lipinski definition) is 0. The van der Waals surface area contributed by atoms with Crippen molar-refractivity contribution in [3.8, 4) is 39.1 Å². The zero-order valence-electron chi connectivity index (χ0n) is 30.3. The largest absolute Gasteiger partial charge is 0.309 e. The first-order chi connectivity index (χ1) is 25.9. The van der Waals surface area contributed by atoms with Crippen molar-refractivity contribution in [1.29, 1.82) is 0 Å². The summed E-state index contributed by atoms with van der Waals surface area (Å²) in [6, 6.07) is 67.3. The number of para-hydroxylation sites is 1. The second kappa shape index (κ2) is 12.1. The Morgan fingerprint density at radius 1 is 0.358 bits per heavy atom. The van der Waals surface area contributed by atoms with Crippen molar-refractivity contribution in [2.75, 3.05) is 0 Å². The average Bonchev–Trinajstić information content (AvgIpc) is 3.53. The molecule has 1 aromatic heterocycles. The van der Waals surface area contributed by atoms with Gasteiger partial charge in [0.25, 0.3) is 0 Å². The molecular formula is C52H39N. The van der Waals surface area contributed by atoms with Crippen LogP contribution in [0.25, 0.3) is 93.2 Å². The third-order valence-corrected chi connectivity index (χ3v) is 11.2. The number of fused-ring (bicyclic) bond motifs is 6. The molecule has 1 nitrogen and oxygen atoms in total. The van der Waals surface area contributed by atoms with E-state index in [1.807, 2.05) is 0 Å². The zero-order valence-corrected chi connectivity index (χ0v) is 30.3. The maximum Gasteiger partial charge on any atom is 0.0541 e. The third-order valence-electron chi connectivity index (χ3n) is 11.2. The number of nitrogens with zero attached hydrogens (tertiary/aromatic N) is 1. The highest BCUT2D eigenvalue weighted by atomic mass is 15.0. The molecule has 0 atom stereocenters. The average molecular weight is 678 g/mol. The quantitative estimate of drug-likeness (QED) is 0.163. The summed E-state index contributed by atoms with van der Waals surface area (Å²) in [5, 5.41) is 10.2. The van der Waals surface area contributed by atoms with Crippen LogP contribution in [0.4, 0.5) is 0 Å². The van der Waals surface area contributed by atoms with Crippen LogP contribution in [0.1, 0.15) is 26.3 Å². The van der Waals surface area contributed by atoms with Gasteiger partial charge >= 0.3 is 0 Å². The molecular weight excluding hydrogens is 639 g/mol. The summed E-state index contributed by atoms with van der Waals surface area (Å²) < 4.78 is 2.42. The van der Waals surface area contributed by atoms with Crippen LogP contribution in [-0.4, -0.2) is 4.57 Å². The Labute approximate surface area is 310 Å². The van der Waals surface area contributed by atoms with Gasteiger partial charge in [0.15, 0.2) is 0 Å². The van der Waals surface area contributed by atoms with Gasteiger partial charge in [0.05, 0.1) is 11.0 Å². The lowest BCUT2D eigenvalue weighted by Gasteiger charge is -2.21. The van der Waals surface area contributed by atoms with Gasteiger partial charge < -0.3 is 4.57 Å². The summed E-state index contributed by atoms with van der Waals surface area (Å²) in [5.41, 5.74) is 12.6. The second-order valence-corrected chi connectivity index (χ2v) is 15.3. The Morgan fingerprint density at radius 2 is 0.830 bits per heavy atom. The van der Waals surface area contributed by atoms with Gasteiger partial charge in [-0.2, -0.15) is 0 Å². The van der Waals surface area contributed by atoms with E-state index < -0.39 is 0 Å². The minimum atomic E-state index is 0.109. The van der Waals surface area contributed by atoms with Crippen LogP contribution in [-0.2, 0) is 5.41 Å². The Morgan fingerprint density at radius 3 is 1.43 bits per heavy atom. The molecule has 0 bridgehead atoms. The van der Waals surface area contributed by atoms with Crippen molar-refractivity contribution in [3.63, 3.8) is 0 Å². The molecule has 0 radical (unpaired) electrons. The molecule has 9 aromatic carbocycles. The molecule has 1 heterocycles. The van der Waals surface area contributed by atoms with Crippen molar-refractivity contribution in [1.82, 2.24) is 4.57 Å². The normalized spacial score (nSPS) is 12.1. The lowest BCUT2D eigenvalue weighted by molar-refractivity contribution is 0.590. The first kappa shape index (κ1) is 31.3. The minimum absolute atomic E-state index is 0.109. The fourth-order valence-corrected chi connectivity index (χ4v) is 8.56. The zero-order chi connectivity index (χ0) is 35.7. The van der Waals surface area contributed by atoms with E-state index in [9.17, 15) is 0 Å². The molecule has 0 spiro atoms. The molecule has 0 aliphatic carbocycles. The molecule has 0 saturated heterocycles. The molecule has 1 heteroatoms. The lowest BCUT2D eigenvalue weighted by atomic mass is 9.83. The summed E-state index contributed by atoms with van der Waals surface area (Å²) in [5.74, 6) is 0. The standard InChI is InChI=1S/C52H39N/c1-52(2,3)38-28-23-35(24-29-38)50-43-17-6-8-19-45(43)51(46-20-9-7-18-44(46)50)36-25-30-39(31-26-36)53-48-22-11-10-16-42(48)47-33-37(27-32-49(47)53)41-21-12-14-34-13-4-5-15-40(34)41/h4-33H,1-3H3. The summed E-state index contributed by atoms with van der Waals surface area (Å²) in [6.07, 6.45) is 0. The maximum absolute atomic E-state index is 2.42. The Bertz CT molecular complexity index is 2940. The van der Waals surface area contributed by atoms with E-state index in [2.05, 4.69) is 207 Å². The molecule has 10 aromatic rings. The van der Waals surface area contributed by atoms with Crippen molar-refractivity contribution in [2.24, 2.45) is 0 Å². The minimum Gasteiger partial charge on any atom is -0.309 e. The SMILES string of the molecule is CC(C)(C)c1ccc(-c2c3ccccc3c(-c3ccc(-n4c5ccccc5c5cc(-c6cccc7ccccc67)ccc54)cc3)c3ccccc23)cc1. The van der Waals surface area contributed by atoms with E-state index in [1.165, 1.54) is 93.1 Å². The number of aromatic nitrogens is 1. The van der Waals surface area contributed by atoms with Crippen LogP contribution in [0.3, 0.4) is 0 Å². The number of rotatable bonds is 4. The Kier molecular flexibility index (Phi) is 7.13. The molecule has 0 amide bonds. The Balaban J connectivity index is 1.13. The predicted molar refractivity (Wildman–Crippen MR) is 228 cm³/mol. The van der Waals surface area contributed by atoms with E-state index >= 15 is 0 Å². The molecule has 0 aliphatic rings. The van der Waals surface area contributed by atoms with Crippen LogP contribution >= 0.6 is 0 Å². The summed E-state index contributed by atoms with van der Waals surface area (Å²) in [4.78, 5) is 0. The molecule has 10 rings (SSSR count). The third kappa shape index (κ3) is 5.07. The van der Waals surface area contributed by atoms with Crippen LogP contribution < -0.4 is 0 Å². The van der Waals surface area contributed by atoms with Crippen molar-refractivity contribution in [2.45, 2.75) is 26.2 Å². The van der Waals surface area contributed by atoms with Crippen LogP contribution in [0.15, 0.2) is 182 Å². The number of hydrogen-bond acceptors (Lipinski definition) is 0. The highest BCUT2D eigenvalue weighted by Gasteiger charge is 2.19. The van der Waals surface area contributed by atoms with Crippen molar-refractivity contribution >= 4 is 54.1 Å². The maximum atomic E-state index is 2.42. The predicted octanol–water partition coefficient (Wildman–Crippen LogP) is 14.5. The summed E-state index contributed by atoms with van der Waals surface area (Å²) in [6.45, 7) is 6.83. The van der Waals surface area contributed by atoms with E-state index in [4.69, 9.17) is 0 Å². The van der Waals surface area contributed by atoms with Gasteiger partial charge in [0.1, 0.15) is 0 Å². The van der Waals surface area contributed by atoms with Gasteiger partial charge in [-0.05, 0) is 107 Å². The monoisotopic (exact) mass is 677 g/mol. The number of benzene rings is 9. The highest BCUT2D eigenvalue weighted by molar-refractivity contribution is 6.21. The van der Waals surface area contributed by atoms with Crippen LogP contribution in [0.2, 0.25) is 0 Å². The van der Waals surface area contributed by atoms with Gasteiger partial charge in [-0.1, -0.05) is 172 Å². The van der Waals surface area contributed by atoms with Gasteiger partial charge in [-0.25, -0.2) is 0 Å². The Hall–Kier alpha value is -6.44. The van der Waals surface area contributed by atoms with Gasteiger partial charge in [0, 0.05) is 16.5 Å². The van der Waals surface area contributed by atoms with Gasteiger partial charge in [-0.15, -0.1) is 0 Å². The fraction of sp³-hybridized carbons (Fsp3) is 0.0769. The highest BCUT2D eigenvalue weighted by Crippen LogP contribution is 2.44. The van der Waals surface area contributed by atoms with E-state index in [1.54, 1.807) is 0 Å². The topological polar surface area (TPSA) is 4.93 Å². The lowest BCUT2D eigenvalue weighted by Crippen LogP contribution is -2.10. The first-order valence-corrected chi connectivity index (χ1v) is 18.6.